The Hall–Kier alpha value is -1.46. The van der Waals surface area contributed by atoms with Crippen LogP contribution in [0.15, 0.2) is 12.1 Å². The topological polar surface area (TPSA) is 49.0 Å². The van der Waals surface area contributed by atoms with Crippen LogP contribution >= 0.6 is 0 Å². The van der Waals surface area contributed by atoms with E-state index in [1.165, 1.54) is 0 Å². The molecule has 0 amide bonds. The lowest BCUT2D eigenvalue weighted by Crippen LogP contribution is -2.25. The molecule has 0 spiro atoms. The number of ether oxygens (including phenoxy) is 4. The molecule has 0 radical (unpaired) electrons. The molecule has 1 aromatic rings. The second-order valence-electron chi connectivity index (χ2n) is 4.20. The Labute approximate surface area is 114 Å². The Morgan fingerprint density at radius 3 is 2.05 bits per heavy atom. The molecule has 5 nitrogen and oxygen atoms in total. The monoisotopic (exact) mass is 269 g/mol. The SMILES string of the molecule is COc1cc(OC)c(OC)cc1CNCC(C)OC. The van der Waals surface area contributed by atoms with Crippen LogP contribution in [-0.4, -0.2) is 41.1 Å². The lowest BCUT2D eigenvalue weighted by molar-refractivity contribution is 0.117. The summed E-state index contributed by atoms with van der Waals surface area (Å²) >= 11 is 0. The molecule has 1 unspecified atom stereocenters. The molecule has 0 aliphatic rings. The summed E-state index contributed by atoms with van der Waals surface area (Å²) in [6, 6.07) is 3.75. The summed E-state index contributed by atoms with van der Waals surface area (Å²) in [7, 11) is 6.57. The van der Waals surface area contributed by atoms with Gasteiger partial charge in [0.1, 0.15) is 5.75 Å². The normalized spacial score (nSPS) is 12.1. The van der Waals surface area contributed by atoms with E-state index in [-0.39, 0.29) is 6.10 Å². The van der Waals surface area contributed by atoms with Crippen molar-refractivity contribution in [3.05, 3.63) is 17.7 Å². The largest absolute Gasteiger partial charge is 0.496 e. The van der Waals surface area contributed by atoms with E-state index in [0.717, 1.165) is 17.9 Å². The van der Waals surface area contributed by atoms with Gasteiger partial charge in [-0.15, -0.1) is 0 Å². The molecule has 1 aromatic carbocycles. The van der Waals surface area contributed by atoms with Crippen LogP contribution in [0.25, 0.3) is 0 Å². The maximum atomic E-state index is 5.36. The number of hydrogen-bond donors (Lipinski definition) is 1. The van der Waals surface area contributed by atoms with Crippen LogP contribution in [0.5, 0.6) is 17.2 Å². The van der Waals surface area contributed by atoms with Crippen molar-refractivity contribution in [2.24, 2.45) is 0 Å². The van der Waals surface area contributed by atoms with Crippen molar-refractivity contribution in [3.8, 4) is 17.2 Å². The number of benzene rings is 1. The van der Waals surface area contributed by atoms with Gasteiger partial charge >= 0.3 is 0 Å². The third-order valence-corrected chi connectivity index (χ3v) is 2.94. The third-order valence-electron chi connectivity index (χ3n) is 2.94. The van der Waals surface area contributed by atoms with Gasteiger partial charge < -0.3 is 24.3 Å². The summed E-state index contributed by atoms with van der Waals surface area (Å²) in [6.07, 6.45) is 0.172. The second kappa shape index (κ2) is 7.86. The third kappa shape index (κ3) is 4.29. The molecule has 0 saturated heterocycles. The van der Waals surface area contributed by atoms with Gasteiger partial charge in [0, 0.05) is 31.8 Å². The molecule has 5 heteroatoms. The van der Waals surface area contributed by atoms with E-state index >= 15 is 0 Å². The standard InChI is InChI=1S/C14H23NO4/c1-10(16-2)8-15-9-11-6-13(18-4)14(19-5)7-12(11)17-3/h6-7,10,15H,8-9H2,1-5H3. The summed E-state index contributed by atoms with van der Waals surface area (Å²) in [5.74, 6) is 2.13. The van der Waals surface area contributed by atoms with Gasteiger partial charge in [-0.2, -0.15) is 0 Å². The number of hydrogen-bond acceptors (Lipinski definition) is 5. The van der Waals surface area contributed by atoms with E-state index in [4.69, 9.17) is 18.9 Å². The first-order valence-electron chi connectivity index (χ1n) is 6.18. The maximum Gasteiger partial charge on any atom is 0.164 e. The van der Waals surface area contributed by atoms with Crippen molar-refractivity contribution < 1.29 is 18.9 Å². The van der Waals surface area contributed by atoms with E-state index < -0.39 is 0 Å². The number of nitrogens with one attached hydrogen (secondary N) is 1. The predicted octanol–water partition coefficient (Wildman–Crippen LogP) is 1.84. The highest BCUT2D eigenvalue weighted by atomic mass is 16.5. The summed E-state index contributed by atoms with van der Waals surface area (Å²) in [5.41, 5.74) is 1.02. The minimum atomic E-state index is 0.172. The number of rotatable bonds is 8. The Balaban J connectivity index is 2.80. The van der Waals surface area contributed by atoms with Gasteiger partial charge in [-0.25, -0.2) is 0 Å². The van der Waals surface area contributed by atoms with Crippen molar-refractivity contribution in [1.82, 2.24) is 5.32 Å². The molecule has 1 atom stereocenters. The Bertz CT molecular complexity index is 395. The van der Waals surface area contributed by atoms with Crippen molar-refractivity contribution in [2.45, 2.75) is 19.6 Å². The summed E-state index contributed by atoms with van der Waals surface area (Å²) in [5, 5.41) is 3.31. The Morgan fingerprint density at radius 2 is 1.53 bits per heavy atom. The Kier molecular flexibility index (Phi) is 6.45. The van der Waals surface area contributed by atoms with E-state index in [1.54, 1.807) is 28.4 Å². The van der Waals surface area contributed by atoms with Gasteiger partial charge in [-0.3, -0.25) is 0 Å². The summed E-state index contributed by atoms with van der Waals surface area (Å²) in [4.78, 5) is 0. The molecule has 0 bridgehead atoms. The van der Waals surface area contributed by atoms with Gasteiger partial charge in [-0.1, -0.05) is 0 Å². The van der Waals surface area contributed by atoms with Crippen LogP contribution in [-0.2, 0) is 11.3 Å². The number of methoxy groups -OCH3 is 4. The van der Waals surface area contributed by atoms with Crippen LogP contribution in [0.4, 0.5) is 0 Å². The Morgan fingerprint density at radius 1 is 0.947 bits per heavy atom. The van der Waals surface area contributed by atoms with E-state index in [9.17, 15) is 0 Å². The fourth-order valence-corrected chi connectivity index (χ4v) is 1.72. The fraction of sp³-hybridized carbons (Fsp3) is 0.571. The van der Waals surface area contributed by atoms with Gasteiger partial charge in [0.2, 0.25) is 0 Å². The van der Waals surface area contributed by atoms with Gasteiger partial charge in [0.25, 0.3) is 0 Å². The van der Waals surface area contributed by atoms with Gasteiger partial charge in [0.05, 0.1) is 27.4 Å². The molecule has 19 heavy (non-hydrogen) atoms. The molecule has 0 aliphatic carbocycles. The minimum Gasteiger partial charge on any atom is -0.496 e. The van der Waals surface area contributed by atoms with E-state index in [1.807, 2.05) is 19.1 Å². The van der Waals surface area contributed by atoms with Gasteiger partial charge in [-0.05, 0) is 13.0 Å². The summed E-state index contributed by atoms with van der Waals surface area (Å²) in [6.45, 7) is 3.46. The first-order valence-corrected chi connectivity index (χ1v) is 6.18. The van der Waals surface area contributed by atoms with Crippen LogP contribution in [0, 0.1) is 0 Å². The maximum absolute atomic E-state index is 5.36. The first kappa shape index (κ1) is 15.6. The molecule has 0 aromatic heterocycles. The zero-order chi connectivity index (χ0) is 14.3. The zero-order valence-corrected chi connectivity index (χ0v) is 12.3. The fourth-order valence-electron chi connectivity index (χ4n) is 1.72. The summed E-state index contributed by atoms with van der Waals surface area (Å²) < 4.78 is 21.1. The molecular formula is C14H23NO4. The highest BCUT2D eigenvalue weighted by Gasteiger charge is 2.11. The van der Waals surface area contributed by atoms with E-state index in [0.29, 0.717) is 18.0 Å². The molecule has 108 valence electrons. The lowest BCUT2D eigenvalue weighted by Gasteiger charge is -2.15. The van der Waals surface area contributed by atoms with Gasteiger partial charge in [0.15, 0.2) is 11.5 Å². The average Bonchev–Trinajstić information content (AvgIpc) is 2.46. The highest BCUT2D eigenvalue weighted by Crippen LogP contribution is 2.34. The molecular weight excluding hydrogens is 246 g/mol. The molecule has 0 saturated carbocycles. The van der Waals surface area contributed by atoms with Crippen molar-refractivity contribution in [3.63, 3.8) is 0 Å². The van der Waals surface area contributed by atoms with Crippen molar-refractivity contribution in [2.75, 3.05) is 35.0 Å². The minimum absolute atomic E-state index is 0.172. The van der Waals surface area contributed by atoms with Crippen molar-refractivity contribution in [1.29, 1.82) is 0 Å². The molecule has 1 N–H and O–H groups in total. The first-order chi connectivity index (χ1) is 9.15. The van der Waals surface area contributed by atoms with Crippen LogP contribution in [0.1, 0.15) is 12.5 Å². The lowest BCUT2D eigenvalue weighted by atomic mass is 10.1. The highest BCUT2D eigenvalue weighted by molar-refractivity contribution is 5.50. The smallest absolute Gasteiger partial charge is 0.164 e. The zero-order valence-electron chi connectivity index (χ0n) is 12.3. The predicted molar refractivity (Wildman–Crippen MR) is 74.3 cm³/mol. The van der Waals surface area contributed by atoms with Crippen LogP contribution in [0.3, 0.4) is 0 Å². The molecule has 0 aliphatic heterocycles. The van der Waals surface area contributed by atoms with Crippen molar-refractivity contribution >= 4 is 0 Å². The quantitative estimate of drug-likeness (QED) is 0.780. The van der Waals surface area contributed by atoms with Crippen LogP contribution in [0.2, 0.25) is 0 Å². The van der Waals surface area contributed by atoms with E-state index in [2.05, 4.69) is 5.32 Å². The van der Waals surface area contributed by atoms with Crippen LogP contribution < -0.4 is 19.5 Å². The molecule has 0 fully saturated rings. The second-order valence-corrected chi connectivity index (χ2v) is 4.20. The molecule has 1 rings (SSSR count). The average molecular weight is 269 g/mol. The molecule has 0 heterocycles.